The number of fused-ring (bicyclic) bond motifs is 2. The molecule has 3 aromatic rings. The minimum atomic E-state index is -0.0986. The van der Waals surface area contributed by atoms with Crippen molar-refractivity contribution in [2.24, 2.45) is 0 Å². The fourth-order valence-electron chi connectivity index (χ4n) is 2.76. The molecule has 9 heteroatoms. The van der Waals surface area contributed by atoms with Crippen LogP contribution in [0.1, 0.15) is 16.0 Å². The number of amides is 1. The lowest BCUT2D eigenvalue weighted by Gasteiger charge is -2.06. The first-order valence-electron chi connectivity index (χ1n) is 8.32. The van der Waals surface area contributed by atoms with Crippen LogP contribution in [0.15, 0.2) is 23.4 Å². The van der Waals surface area contributed by atoms with E-state index in [9.17, 15) is 4.79 Å². The van der Waals surface area contributed by atoms with Crippen LogP contribution in [0.4, 0.5) is 5.82 Å². The molecule has 1 amide bonds. The summed E-state index contributed by atoms with van der Waals surface area (Å²) in [6.45, 7) is 4.71. The van der Waals surface area contributed by atoms with E-state index < -0.39 is 0 Å². The molecule has 140 valence electrons. The Hall–Kier alpha value is -2.52. The van der Waals surface area contributed by atoms with E-state index >= 15 is 0 Å². The average molecular weight is 403 g/mol. The summed E-state index contributed by atoms with van der Waals surface area (Å²) in [5, 5.41) is 4.31. The molecule has 0 unspecified atom stereocenters. The highest BCUT2D eigenvalue weighted by atomic mass is 32.2. The van der Waals surface area contributed by atoms with Gasteiger partial charge in [0, 0.05) is 11.4 Å². The zero-order valence-corrected chi connectivity index (χ0v) is 16.5. The van der Waals surface area contributed by atoms with E-state index in [1.165, 1.54) is 16.6 Å². The van der Waals surface area contributed by atoms with Crippen LogP contribution in [0.5, 0.6) is 11.5 Å². The lowest BCUT2D eigenvalue weighted by Crippen LogP contribution is -2.24. The van der Waals surface area contributed by atoms with Crippen molar-refractivity contribution >= 4 is 45.0 Å². The van der Waals surface area contributed by atoms with Gasteiger partial charge in [-0.3, -0.25) is 4.79 Å². The molecule has 3 heterocycles. The maximum atomic E-state index is 12.2. The number of hydrogen-bond donors (Lipinski definition) is 2. The van der Waals surface area contributed by atoms with E-state index in [1.807, 2.05) is 32.0 Å². The van der Waals surface area contributed by atoms with Crippen molar-refractivity contribution in [3.8, 4) is 11.5 Å². The van der Waals surface area contributed by atoms with Gasteiger partial charge in [-0.05, 0) is 37.1 Å². The minimum Gasteiger partial charge on any atom is -0.454 e. The van der Waals surface area contributed by atoms with Gasteiger partial charge in [-0.2, -0.15) is 0 Å². The maximum Gasteiger partial charge on any atom is 0.231 e. The molecule has 2 aromatic heterocycles. The van der Waals surface area contributed by atoms with Crippen molar-refractivity contribution < 1.29 is 14.3 Å². The summed E-state index contributed by atoms with van der Waals surface area (Å²) < 4.78 is 10.6. The highest BCUT2D eigenvalue weighted by Gasteiger charge is 2.15. The maximum absolute atomic E-state index is 12.2. The average Bonchev–Trinajstić information content (AvgIpc) is 3.22. The van der Waals surface area contributed by atoms with Crippen LogP contribution in [0.25, 0.3) is 10.2 Å². The van der Waals surface area contributed by atoms with Gasteiger partial charge in [0.25, 0.3) is 0 Å². The summed E-state index contributed by atoms with van der Waals surface area (Å²) in [4.78, 5) is 23.1. The second-order valence-corrected chi connectivity index (χ2v) is 8.25. The van der Waals surface area contributed by atoms with E-state index in [-0.39, 0.29) is 18.5 Å². The number of nitrogens with zero attached hydrogens (tertiary/aromatic N) is 2. The van der Waals surface area contributed by atoms with Gasteiger partial charge in [0.1, 0.15) is 10.6 Å². The standard InChI is InChI=1S/C18H18N4O3S2/c1-9-10(2)27-17-15(9)16(19)21-18(22-17)26-7-14(23)20-6-11-3-4-12-13(5-11)25-8-24-12/h3-5H,6-8H2,1-2H3,(H,20,23)(H2,19,21,22). The van der Waals surface area contributed by atoms with E-state index in [0.717, 1.165) is 27.1 Å². The quantitative estimate of drug-likeness (QED) is 0.500. The summed E-state index contributed by atoms with van der Waals surface area (Å²) in [5.41, 5.74) is 8.14. The third-order valence-electron chi connectivity index (χ3n) is 4.30. The van der Waals surface area contributed by atoms with E-state index in [2.05, 4.69) is 15.3 Å². The van der Waals surface area contributed by atoms with Gasteiger partial charge in [-0.1, -0.05) is 17.8 Å². The zero-order valence-electron chi connectivity index (χ0n) is 14.9. The summed E-state index contributed by atoms with van der Waals surface area (Å²) in [6.07, 6.45) is 0. The van der Waals surface area contributed by atoms with Crippen molar-refractivity contribution in [1.29, 1.82) is 0 Å². The van der Waals surface area contributed by atoms with Crippen molar-refractivity contribution in [3.05, 3.63) is 34.2 Å². The van der Waals surface area contributed by atoms with Crippen molar-refractivity contribution in [2.75, 3.05) is 18.3 Å². The Balaban J connectivity index is 1.36. The molecule has 0 atom stereocenters. The highest BCUT2D eigenvalue weighted by Crippen LogP contribution is 2.34. The number of anilines is 1. The molecular weight excluding hydrogens is 384 g/mol. The number of nitrogens with two attached hydrogens (primary N) is 1. The molecular formula is C18H18N4O3S2. The summed E-state index contributed by atoms with van der Waals surface area (Å²) >= 11 is 2.87. The Morgan fingerprint density at radius 1 is 1.30 bits per heavy atom. The lowest BCUT2D eigenvalue weighted by molar-refractivity contribution is -0.118. The smallest absolute Gasteiger partial charge is 0.231 e. The van der Waals surface area contributed by atoms with Crippen LogP contribution < -0.4 is 20.5 Å². The monoisotopic (exact) mass is 402 g/mol. The number of ether oxygens (including phenoxy) is 2. The molecule has 0 fully saturated rings. The topological polar surface area (TPSA) is 99.4 Å². The van der Waals surface area contributed by atoms with Gasteiger partial charge in [0.05, 0.1) is 11.1 Å². The SMILES string of the molecule is Cc1sc2nc(SCC(=O)NCc3ccc4c(c3)OCO4)nc(N)c2c1C. The Kier molecular flexibility index (Phi) is 4.79. The van der Waals surface area contributed by atoms with Crippen molar-refractivity contribution in [3.63, 3.8) is 0 Å². The summed E-state index contributed by atoms with van der Waals surface area (Å²) in [5.74, 6) is 2.02. The number of hydrogen-bond acceptors (Lipinski definition) is 8. The molecule has 7 nitrogen and oxygen atoms in total. The fourth-order valence-corrected chi connectivity index (χ4v) is 4.53. The van der Waals surface area contributed by atoms with Crippen LogP contribution in [0.2, 0.25) is 0 Å². The number of thiophene rings is 1. The molecule has 1 aliphatic heterocycles. The van der Waals surface area contributed by atoms with Crippen molar-refractivity contribution in [1.82, 2.24) is 15.3 Å². The number of carbonyl (C=O) groups excluding carboxylic acids is 1. The predicted octanol–water partition coefficient (Wildman–Crippen LogP) is 3.03. The normalized spacial score (nSPS) is 12.5. The summed E-state index contributed by atoms with van der Waals surface area (Å²) in [7, 11) is 0. The second kappa shape index (κ2) is 7.24. The molecule has 4 rings (SSSR count). The molecule has 0 bridgehead atoms. The van der Waals surface area contributed by atoms with Crippen LogP contribution in [-0.4, -0.2) is 28.4 Å². The Labute approximate surface area is 164 Å². The van der Waals surface area contributed by atoms with Gasteiger partial charge in [-0.25, -0.2) is 9.97 Å². The fraction of sp³-hybridized carbons (Fsp3) is 0.278. The largest absolute Gasteiger partial charge is 0.454 e. The molecule has 0 aliphatic carbocycles. The van der Waals surface area contributed by atoms with Gasteiger partial charge in [0.15, 0.2) is 16.7 Å². The molecule has 0 saturated heterocycles. The first kappa shape index (κ1) is 17.9. The molecule has 1 aliphatic rings. The molecule has 1 aromatic carbocycles. The van der Waals surface area contributed by atoms with Gasteiger partial charge >= 0.3 is 0 Å². The number of benzene rings is 1. The lowest BCUT2D eigenvalue weighted by atomic mass is 10.2. The van der Waals surface area contributed by atoms with Gasteiger partial charge in [-0.15, -0.1) is 11.3 Å². The third-order valence-corrected chi connectivity index (χ3v) is 6.24. The molecule has 0 saturated carbocycles. The van der Waals surface area contributed by atoms with E-state index in [4.69, 9.17) is 15.2 Å². The number of thioether (sulfide) groups is 1. The van der Waals surface area contributed by atoms with E-state index in [0.29, 0.717) is 23.3 Å². The number of aromatic nitrogens is 2. The molecule has 0 radical (unpaired) electrons. The predicted molar refractivity (Wildman–Crippen MR) is 106 cm³/mol. The molecule has 27 heavy (non-hydrogen) atoms. The van der Waals surface area contributed by atoms with Crippen LogP contribution in [-0.2, 0) is 11.3 Å². The van der Waals surface area contributed by atoms with E-state index in [1.54, 1.807) is 11.3 Å². The molecule has 0 spiro atoms. The summed E-state index contributed by atoms with van der Waals surface area (Å²) in [6, 6.07) is 5.62. The van der Waals surface area contributed by atoms with Crippen LogP contribution in [0.3, 0.4) is 0 Å². The number of aryl methyl sites for hydroxylation is 2. The zero-order chi connectivity index (χ0) is 19.0. The van der Waals surface area contributed by atoms with Crippen LogP contribution in [0, 0.1) is 13.8 Å². The minimum absolute atomic E-state index is 0.0986. The number of nitrogen functional groups attached to an aromatic ring is 1. The first-order chi connectivity index (χ1) is 13.0. The Morgan fingerprint density at radius 2 is 2.11 bits per heavy atom. The third kappa shape index (κ3) is 3.65. The van der Waals surface area contributed by atoms with Gasteiger partial charge in [0.2, 0.25) is 12.7 Å². The molecule has 3 N–H and O–H groups in total. The number of carbonyl (C=O) groups is 1. The number of nitrogens with one attached hydrogen (secondary N) is 1. The highest BCUT2D eigenvalue weighted by molar-refractivity contribution is 7.99. The number of rotatable bonds is 5. The van der Waals surface area contributed by atoms with Crippen LogP contribution >= 0.6 is 23.1 Å². The first-order valence-corrected chi connectivity index (χ1v) is 10.1. The second-order valence-electron chi connectivity index (χ2n) is 6.11. The Bertz CT molecular complexity index is 1040. The van der Waals surface area contributed by atoms with Gasteiger partial charge < -0.3 is 20.5 Å². The Morgan fingerprint density at radius 3 is 2.96 bits per heavy atom. The van der Waals surface area contributed by atoms with Crippen molar-refractivity contribution in [2.45, 2.75) is 25.5 Å².